The predicted molar refractivity (Wildman–Crippen MR) is 88.6 cm³/mol. The van der Waals surface area contributed by atoms with Gasteiger partial charge in [0.1, 0.15) is 5.56 Å². The third kappa shape index (κ3) is 3.23. The fourth-order valence-corrected chi connectivity index (χ4v) is 4.62. The van der Waals surface area contributed by atoms with Gasteiger partial charge in [-0.1, -0.05) is 20.8 Å². The summed E-state index contributed by atoms with van der Waals surface area (Å²) in [7, 11) is 0. The molecule has 0 aromatic carbocycles. The minimum absolute atomic E-state index is 0.0847. The summed E-state index contributed by atoms with van der Waals surface area (Å²) in [5.41, 5.74) is -0.233. The van der Waals surface area contributed by atoms with Crippen LogP contribution >= 0.6 is 0 Å². The van der Waals surface area contributed by atoms with Crippen molar-refractivity contribution in [2.45, 2.75) is 46.1 Å². The molecular weight excluding hydrogens is 308 g/mol. The summed E-state index contributed by atoms with van der Waals surface area (Å²) in [4.78, 5) is 40.3. The molecule has 6 heteroatoms. The summed E-state index contributed by atoms with van der Waals surface area (Å²) < 4.78 is 5.07. The molecule has 130 valence electrons. The number of aromatic nitrogens is 1. The number of aromatic amines is 1. The second-order valence-electron chi connectivity index (χ2n) is 8.22. The van der Waals surface area contributed by atoms with Crippen molar-refractivity contribution >= 4 is 11.9 Å². The van der Waals surface area contributed by atoms with Crippen molar-refractivity contribution < 1.29 is 14.3 Å². The number of amides is 1. The molecule has 0 unspecified atom stereocenters. The highest BCUT2D eigenvalue weighted by atomic mass is 16.5. The lowest BCUT2D eigenvalue weighted by atomic mass is 9.65. The Balaban J connectivity index is 1.63. The van der Waals surface area contributed by atoms with Crippen molar-refractivity contribution in [2.24, 2.45) is 10.8 Å². The maximum absolute atomic E-state index is 12.5. The third-order valence-corrected chi connectivity index (χ3v) is 5.10. The van der Waals surface area contributed by atoms with Crippen molar-refractivity contribution in [3.63, 3.8) is 0 Å². The molecular formula is C18H24N2O4. The monoisotopic (exact) mass is 332 g/mol. The molecule has 3 rings (SSSR count). The van der Waals surface area contributed by atoms with Gasteiger partial charge in [-0.3, -0.25) is 9.59 Å². The number of ether oxygens (including phenoxy) is 1. The number of pyridine rings is 1. The maximum Gasteiger partial charge on any atom is 0.344 e. The number of hydrogen-bond donors (Lipinski definition) is 1. The van der Waals surface area contributed by atoms with E-state index >= 15 is 0 Å². The van der Waals surface area contributed by atoms with E-state index in [2.05, 4.69) is 25.8 Å². The average molecular weight is 332 g/mol. The van der Waals surface area contributed by atoms with Gasteiger partial charge in [-0.15, -0.1) is 0 Å². The molecule has 1 saturated heterocycles. The van der Waals surface area contributed by atoms with Gasteiger partial charge in [-0.2, -0.15) is 0 Å². The van der Waals surface area contributed by atoms with Crippen LogP contribution in [0, 0.1) is 10.8 Å². The lowest BCUT2D eigenvalue weighted by molar-refractivity contribution is -0.135. The van der Waals surface area contributed by atoms with Gasteiger partial charge in [0.25, 0.3) is 11.5 Å². The molecule has 1 amide bonds. The fourth-order valence-electron chi connectivity index (χ4n) is 4.62. The van der Waals surface area contributed by atoms with Gasteiger partial charge in [0.15, 0.2) is 6.61 Å². The summed E-state index contributed by atoms with van der Waals surface area (Å²) in [6, 6.07) is 3.15. The number of rotatable bonds is 3. The summed E-state index contributed by atoms with van der Waals surface area (Å²) in [6.07, 6.45) is 4.52. The molecule has 2 aliphatic rings. The molecule has 1 aromatic heterocycles. The number of H-pyrrole nitrogens is 1. The lowest BCUT2D eigenvalue weighted by Gasteiger charge is -2.39. The minimum atomic E-state index is -0.765. The standard InChI is InChI=1S/C18H24N2O4/c1-17(2)7-12-8-18(3,10-17)11-20(12)14(21)9-24-16(23)13-5-4-6-19-15(13)22/h4-6,12H,7-11H2,1-3H3,(H,19,22)/t12-,18+/m1/s1. The Morgan fingerprint density at radius 3 is 2.79 bits per heavy atom. The molecule has 1 aliphatic heterocycles. The molecule has 6 nitrogen and oxygen atoms in total. The summed E-state index contributed by atoms with van der Waals surface area (Å²) >= 11 is 0. The van der Waals surface area contributed by atoms with Crippen LogP contribution in [0.25, 0.3) is 0 Å². The zero-order valence-electron chi connectivity index (χ0n) is 14.4. The third-order valence-electron chi connectivity index (χ3n) is 5.10. The van der Waals surface area contributed by atoms with Gasteiger partial charge in [0, 0.05) is 18.8 Å². The molecule has 24 heavy (non-hydrogen) atoms. The van der Waals surface area contributed by atoms with Crippen LogP contribution in [0.1, 0.15) is 50.4 Å². The van der Waals surface area contributed by atoms with Crippen LogP contribution in [-0.4, -0.2) is 41.0 Å². The van der Waals surface area contributed by atoms with Gasteiger partial charge in [0.05, 0.1) is 0 Å². The number of esters is 1. The molecule has 2 bridgehead atoms. The Hall–Kier alpha value is -2.11. The van der Waals surface area contributed by atoms with E-state index < -0.39 is 11.5 Å². The Morgan fingerprint density at radius 2 is 2.08 bits per heavy atom. The number of hydrogen-bond acceptors (Lipinski definition) is 4. The topological polar surface area (TPSA) is 79.5 Å². The van der Waals surface area contributed by atoms with Gasteiger partial charge in [-0.25, -0.2) is 4.79 Å². The first-order valence-electron chi connectivity index (χ1n) is 8.34. The molecule has 2 fully saturated rings. The Kier molecular flexibility index (Phi) is 4.01. The SMILES string of the molecule is CC1(C)C[C@@H]2C[C@](C)(CN2C(=O)COC(=O)c2ccc[nH]c2=O)C1. The smallest absolute Gasteiger partial charge is 0.344 e. The van der Waals surface area contributed by atoms with Crippen molar-refractivity contribution in [2.75, 3.05) is 13.2 Å². The molecule has 1 aliphatic carbocycles. The molecule has 2 heterocycles. The average Bonchev–Trinajstić information content (AvgIpc) is 2.74. The van der Waals surface area contributed by atoms with Crippen molar-refractivity contribution in [3.05, 3.63) is 34.2 Å². The van der Waals surface area contributed by atoms with E-state index in [9.17, 15) is 14.4 Å². The first kappa shape index (κ1) is 16.7. The van der Waals surface area contributed by atoms with Crippen LogP contribution in [0.4, 0.5) is 0 Å². The van der Waals surface area contributed by atoms with Crippen LogP contribution in [-0.2, 0) is 9.53 Å². The van der Waals surface area contributed by atoms with Gasteiger partial charge in [-0.05, 0) is 42.2 Å². The Bertz CT molecular complexity index is 724. The Labute approximate surface area is 141 Å². The van der Waals surface area contributed by atoms with Crippen molar-refractivity contribution in [1.29, 1.82) is 0 Å². The zero-order valence-corrected chi connectivity index (χ0v) is 14.4. The summed E-state index contributed by atoms with van der Waals surface area (Å²) in [6.45, 7) is 7.10. The quantitative estimate of drug-likeness (QED) is 0.858. The van der Waals surface area contributed by atoms with Crippen LogP contribution in [0.3, 0.4) is 0 Å². The van der Waals surface area contributed by atoms with Crippen LogP contribution in [0.15, 0.2) is 23.1 Å². The lowest BCUT2D eigenvalue weighted by Crippen LogP contribution is -2.40. The number of nitrogens with zero attached hydrogens (tertiary/aromatic N) is 1. The van der Waals surface area contributed by atoms with Crippen LogP contribution in [0.5, 0.6) is 0 Å². The molecule has 1 aromatic rings. The number of likely N-dealkylation sites (tertiary alicyclic amines) is 1. The normalized spacial score (nSPS) is 27.8. The summed E-state index contributed by atoms with van der Waals surface area (Å²) in [5, 5.41) is 0. The number of carbonyl (C=O) groups excluding carboxylic acids is 2. The second-order valence-corrected chi connectivity index (χ2v) is 8.22. The number of carbonyl (C=O) groups is 2. The first-order valence-corrected chi connectivity index (χ1v) is 8.34. The van der Waals surface area contributed by atoms with Gasteiger partial charge >= 0.3 is 5.97 Å². The van der Waals surface area contributed by atoms with E-state index in [0.717, 1.165) is 19.3 Å². The van der Waals surface area contributed by atoms with Crippen molar-refractivity contribution in [3.8, 4) is 0 Å². The van der Waals surface area contributed by atoms with E-state index in [-0.39, 0.29) is 34.9 Å². The Morgan fingerprint density at radius 1 is 1.33 bits per heavy atom. The minimum Gasteiger partial charge on any atom is -0.452 e. The van der Waals surface area contributed by atoms with E-state index in [0.29, 0.717) is 6.54 Å². The van der Waals surface area contributed by atoms with Crippen molar-refractivity contribution in [1.82, 2.24) is 9.88 Å². The number of nitrogens with one attached hydrogen (secondary N) is 1. The first-order chi connectivity index (χ1) is 11.2. The highest BCUT2D eigenvalue weighted by molar-refractivity contribution is 5.91. The van der Waals surface area contributed by atoms with E-state index in [4.69, 9.17) is 4.74 Å². The maximum atomic E-state index is 12.5. The zero-order chi connectivity index (χ0) is 17.5. The van der Waals surface area contributed by atoms with Crippen LogP contribution < -0.4 is 5.56 Å². The van der Waals surface area contributed by atoms with Gasteiger partial charge < -0.3 is 14.6 Å². The predicted octanol–water partition coefficient (Wildman–Crippen LogP) is 1.96. The second kappa shape index (κ2) is 5.76. The van der Waals surface area contributed by atoms with E-state index in [1.165, 1.54) is 12.3 Å². The highest BCUT2D eigenvalue weighted by Crippen LogP contribution is 2.52. The van der Waals surface area contributed by atoms with Gasteiger partial charge in [0.2, 0.25) is 0 Å². The summed E-state index contributed by atoms with van der Waals surface area (Å²) in [5.74, 6) is -0.943. The van der Waals surface area contributed by atoms with Crippen LogP contribution in [0.2, 0.25) is 0 Å². The molecule has 1 saturated carbocycles. The van der Waals surface area contributed by atoms with E-state index in [1.54, 1.807) is 6.07 Å². The highest BCUT2D eigenvalue weighted by Gasteiger charge is 2.50. The molecule has 0 radical (unpaired) electrons. The fraction of sp³-hybridized carbons (Fsp3) is 0.611. The number of fused-ring (bicyclic) bond motifs is 2. The molecule has 0 spiro atoms. The molecule has 1 N–H and O–H groups in total. The van der Waals surface area contributed by atoms with E-state index in [1.807, 2.05) is 4.90 Å². The molecule has 2 atom stereocenters. The largest absolute Gasteiger partial charge is 0.452 e.